The Morgan fingerprint density at radius 2 is 1.97 bits per heavy atom. The fourth-order valence-electron chi connectivity index (χ4n) is 3.30. The molecule has 0 aliphatic carbocycles. The van der Waals surface area contributed by atoms with Crippen molar-refractivity contribution in [3.63, 3.8) is 0 Å². The van der Waals surface area contributed by atoms with Crippen molar-refractivity contribution >= 4 is 23.3 Å². The lowest BCUT2D eigenvalue weighted by Gasteiger charge is -2.32. The number of para-hydroxylation sites is 1. The molecular formula is C21H23ClF3N3O3. The molecule has 2 aromatic rings. The van der Waals surface area contributed by atoms with Crippen molar-refractivity contribution in [1.82, 2.24) is 10.3 Å². The van der Waals surface area contributed by atoms with Gasteiger partial charge in [0.05, 0.1) is 10.6 Å². The molecular weight excluding hydrogens is 435 g/mol. The largest absolute Gasteiger partial charge is 0.491 e. The van der Waals surface area contributed by atoms with E-state index in [2.05, 4.69) is 10.3 Å². The molecule has 31 heavy (non-hydrogen) atoms. The van der Waals surface area contributed by atoms with E-state index >= 15 is 0 Å². The Hall–Kier alpha value is -2.52. The molecule has 6 nitrogen and oxygen atoms in total. The summed E-state index contributed by atoms with van der Waals surface area (Å²) < 4.78 is 43.7. The normalized spacial score (nSPS) is 16.1. The Labute approximate surface area is 183 Å². The van der Waals surface area contributed by atoms with Crippen LogP contribution in [0, 0.1) is 5.92 Å². The highest BCUT2D eigenvalue weighted by atomic mass is 35.5. The van der Waals surface area contributed by atoms with Gasteiger partial charge in [0.25, 0.3) is 0 Å². The summed E-state index contributed by atoms with van der Waals surface area (Å²) in [6.07, 6.45) is -3.59. The molecule has 2 N–H and O–H groups in total. The van der Waals surface area contributed by atoms with Crippen molar-refractivity contribution in [3.8, 4) is 5.75 Å². The molecule has 1 aromatic heterocycles. The number of carbonyl (C=O) groups excluding carboxylic acids is 1. The Morgan fingerprint density at radius 1 is 1.29 bits per heavy atom. The molecule has 0 saturated carbocycles. The van der Waals surface area contributed by atoms with Crippen LogP contribution in [0.1, 0.15) is 18.4 Å². The summed E-state index contributed by atoms with van der Waals surface area (Å²) in [6, 6.07) is 9.91. The number of alkyl halides is 3. The monoisotopic (exact) mass is 457 g/mol. The number of aromatic nitrogens is 1. The van der Waals surface area contributed by atoms with Crippen molar-refractivity contribution in [2.45, 2.75) is 25.1 Å². The third kappa shape index (κ3) is 6.48. The van der Waals surface area contributed by atoms with Gasteiger partial charge in [-0.15, -0.1) is 0 Å². The van der Waals surface area contributed by atoms with Crippen molar-refractivity contribution in [2.75, 3.05) is 31.1 Å². The van der Waals surface area contributed by atoms with Gasteiger partial charge in [0.2, 0.25) is 5.91 Å². The third-order valence-corrected chi connectivity index (χ3v) is 5.29. The highest BCUT2D eigenvalue weighted by molar-refractivity contribution is 6.33. The fourth-order valence-corrected chi connectivity index (χ4v) is 3.59. The summed E-state index contributed by atoms with van der Waals surface area (Å²) in [5.41, 5.74) is -0.898. The van der Waals surface area contributed by atoms with Gasteiger partial charge in [0, 0.05) is 31.7 Å². The number of hydrogen-bond acceptors (Lipinski definition) is 5. The summed E-state index contributed by atoms with van der Waals surface area (Å²) >= 11 is 6.00. The van der Waals surface area contributed by atoms with Crippen LogP contribution in [0.3, 0.4) is 0 Å². The third-order valence-electron chi connectivity index (χ3n) is 5.01. The lowest BCUT2D eigenvalue weighted by Crippen LogP contribution is -2.43. The van der Waals surface area contributed by atoms with E-state index in [1.54, 1.807) is 17.0 Å². The minimum atomic E-state index is -4.50. The Morgan fingerprint density at radius 3 is 2.58 bits per heavy atom. The first-order valence-electron chi connectivity index (χ1n) is 9.85. The smallest absolute Gasteiger partial charge is 0.417 e. The predicted octanol–water partition coefficient (Wildman–Crippen LogP) is 3.53. The van der Waals surface area contributed by atoms with Gasteiger partial charge in [-0.2, -0.15) is 13.2 Å². The van der Waals surface area contributed by atoms with Gasteiger partial charge < -0.3 is 20.1 Å². The first-order valence-corrected chi connectivity index (χ1v) is 10.2. The highest BCUT2D eigenvalue weighted by Gasteiger charge is 2.33. The molecule has 0 spiro atoms. The molecule has 1 aliphatic heterocycles. The molecule has 1 fully saturated rings. The summed E-state index contributed by atoms with van der Waals surface area (Å²) in [4.78, 5) is 18.0. The van der Waals surface area contributed by atoms with Crippen LogP contribution < -0.4 is 15.0 Å². The molecule has 1 aromatic carbocycles. The van der Waals surface area contributed by atoms with Gasteiger partial charge in [-0.1, -0.05) is 29.8 Å². The molecule has 168 valence electrons. The average Bonchev–Trinajstić information content (AvgIpc) is 2.76. The van der Waals surface area contributed by atoms with Gasteiger partial charge in [0.15, 0.2) is 0 Å². The SMILES string of the molecule is O=C(NCC(O)COc1ccccc1)C1CCN(c2ncc(C(F)(F)F)cc2Cl)CC1. The van der Waals surface area contributed by atoms with Crippen LogP contribution in [-0.2, 0) is 11.0 Å². The van der Waals surface area contributed by atoms with Crippen molar-refractivity contribution in [2.24, 2.45) is 5.92 Å². The molecule has 3 rings (SSSR count). The maximum absolute atomic E-state index is 12.8. The van der Waals surface area contributed by atoms with Crippen LogP contribution in [0.15, 0.2) is 42.6 Å². The first-order chi connectivity index (χ1) is 14.7. The highest BCUT2D eigenvalue weighted by Crippen LogP contribution is 2.34. The van der Waals surface area contributed by atoms with Crippen LogP contribution in [-0.4, -0.2) is 48.3 Å². The zero-order valence-electron chi connectivity index (χ0n) is 16.6. The number of nitrogens with zero attached hydrogens (tertiary/aromatic N) is 2. The number of carbonyl (C=O) groups is 1. The number of rotatable bonds is 7. The topological polar surface area (TPSA) is 74.7 Å². The van der Waals surface area contributed by atoms with E-state index in [4.69, 9.17) is 16.3 Å². The van der Waals surface area contributed by atoms with Crippen LogP contribution >= 0.6 is 11.6 Å². The number of aliphatic hydroxyl groups excluding tert-OH is 1. The summed E-state index contributed by atoms with van der Waals surface area (Å²) in [5, 5.41) is 12.7. The van der Waals surface area contributed by atoms with Crippen molar-refractivity contribution < 1.29 is 27.8 Å². The first kappa shape index (κ1) is 23.1. The Kier molecular flexibility index (Phi) is 7.61. The molecule has 1 saturated heterocycles. The van der Waals surface area contributed by atoms with Gasteiger partial charge in [-0.05, 0) is 31.0 Å². The molecule has 1 aliphatic rings. The number of anilines is 1. The summed E-state index contributed by atoms with van der Waals surface area (Å²) in [6.45, 7) is 1.00. The summed E-state index contributed by atoms with van der Waals surface area (Å²) in [5.74, 6) is 0.481. The number of amides is 1. The fraction of sp³-hybridized carbons (Fsp3) is 0.429. The molecule has 1 atom stereocenters. The van der Waals surface area contributed by atoms with Gasteiger partial charge >= 0.3 is 6.18 Å². The van der Waals surface area contributed by atoms with E-state index < -0.39 is 17.8 Å². The maximum Gasteiger partial charge on any atom is 0.417 e. The van der Waals surface area contributed by atoms with E-state index in [0.29, 0.717) is 31.7 Å². The van der Waals surface area contributed by atoms with Crippen molar-refractivity contribution in [3.05, 3.63) is 53.2 Å². The molecule has 0 radical (unpaired) electrons. The predicted molar refractivity (Wildman–Crippen MR) is 110 cm³/mol. The van der Waals surface area contributed by atoms with E-state index in [-0.39, 0.29) is 35.8 Å². The summed E-state index contributed by atoms with van der Waals surface area (Å²) in [7, 11) is 0. The maximum atomic E-state index is 12.8. The number of halogens is 4. The second kappa shape index (κ2) is 10.2. The van der Waals surface area contributed by atoms with E-state index in [0.717, 1.165) is 12.3 Å². The van der Waals surface area contributed by atoms with Gasteiger partial charge in [-0.3, -0.25) is 4.79 Å². The van der Waals surface area contributed by atoms with Gasteiger partial charge in [0.1, 0.15) is 24.3 Å². The number of benzene rings is 1. The molecule has 2 heterocycles. The second-order valence-corrected chi connectivity index (χ2v) is 7.72. The number of pyridine rings is 1. The zero-order valence-corrected chi connectivity index (χ0v) is 17.4. The molecule has 0 bridgehead atoms. The minimum absolute atomic E-state index is 0.0564. The Bertz CT molecular complexity index is 875. The van der Waals surface area contributed by atoms with Crippen LogP contribution in [0.4, 0.5) is 19.0 Å². The molecule has 1 unspecified atom stereocenters. The quantitative estimate of drug-likeness (QED) is 0.665. The molecule has 10 heteroatoms. The van der Waals surface area contributed by atoms with Crippen molar-refractivity contribution in [1.29, 1.82) is 0 Å². The average molecular weight is 458 g/mol. The van der Waals surface area contributed by atoms with Crippen LogP contribution in [0.2, 0.25) is 5.02 Å². The number of nitrogens with one attached hydrogen (secondary N) is 1. The lowest BCUT2D eigenvalue weighted by molar-refractivity contribution is -0.137. The number of hydrogen-bond donors (Lipinski definition) is 2. The molecule has 1 amide bonds. The Balaban J connectivity index is 1.43. The van der Waals surface area contributed by atoms with Crippen LogP contribution in [0.5, 0.6) is 5.75 Å². The van der Waals surface area contributed by atoms with Gasteiger partial charge in [-0.25, -0.2) is 4.98 Å². The van der Waals surface area contributed by atoms with E-state index in [1.807, 2.05) is 18.2 Å². The van der Waals surface area contributed by atoms with E-state index in [9.17, 15) is 23.1 Å². The minimum Gasteiger partial charge on any atom is -0.491 e. The number of piperidine rings is 1. The standard InChI is InChI=1S/C21H23ClF3N3O3/c22-18-10-15(21(23,24)25)11-26-19(18)28-8-6-14(7-9-28)20(30)27-12-16(29)13-31-17-4-2-1-3-5-17/h1-5,10-11,14,16,29H,6-9,12-13H2,(H,27,30). The second-order valence-electron chi connectivity index (χ2n) is 7.31. The van der Waals surface area contributed by atoms with Crippen LogP contribution in [0.25, 0.3) is 0 Å². The zero-order chi connectivity index (χ0) is 22.4. The number of aliphatic hydroxyl groups is 1. The number of ether oxygens (including phenoxy) is 1. The lowest BCUT2D eigenvalue weighted by atomic mass is 9.96. The van der Waals surface area contributed by atoms with E-state index in [1.165, 1.54) is 0 Å².